The van der Waals surface area contributed by atoms with Crippen LogP contribution in [0.15, 0.2) is 65.8 Å². The number of tetrazole rings is 1. The predicted molar refractivity (Wildman–Crippen MR) is 149 cm³/mol. The molecule has 1 aliphatic carbocycles. The molecule has 9 nitrogen and oxygen atoms in total. The third-order valence-electron chi connectivity index (χ3n) is 7.69. The molecule has 5 aromatic rings. The molecule has 3 aromatic carbocycles. The van der Waals surface area contributed by atoms with Crippen LogP contribution >= 0.6 is 0 Å². The van der Waals surface area contributed by atoms with Gasteiger partial charge in [-0.1, -0.05) is 56.3 Å². The number of para-hydroxylation sites is 1. The number of aromatic nitrogens is 6. The molecular weight excluding hydrogens is 488 g/mol. The van der Waals surface area contributed by atoms with E-state index < -0.39 is 0 Å². The number of hydrogen-bond donors (Lipinski definition) is 2. The summed E-state index contributed by atoms with van der Waals surface area (Å²) in [5.74, 6) is 2.06. The summed E-state index contributed by atoms with van der Waals surface area (Å²) in [6, 6.07) is 20.9. The molecule has 0 spiro atoms. The van der Waals surface area contributed by atoms with Gasteiger partial charge in [0.2, 0.25) is 5.91 Å². The fourth-order valence-electron chi connectivity index (χ4n) is 5.71. The van der Waals surface area contributed by atoms with Gasteiger partial charge in [0.15, 0.2) is 5.82 Å². The summed E-state index contributed by atoms with van der Waals surface area (Å²) in [5.41, 5.74) is 11.4. The van der Waals surface area contributed by atoms with Gasteiger partial charge < -0.3 is 0 Å². The van der Waals surface area contributed by atoms with Crippen LogP contribution in [-0.4, -0.2) is 41.8 Å². The van der Waals surface area contributed by atoms with E-state index in [0.717, 1.165) is 68.9 Å². The fourth-order valence-corrected chi connectivity index (χ4v) is 5.71. The molecule has 0 radical (unpaired) electrons. The zero-order valence-corrected chi connectivity index (χ0v) is 22.1. The third-order valence-corrected chi connectivity index (χ3v) is 7.69. The van der Waals surface area contributed by atoms with E-state index in [2.05, 4.69) is 99.0 Å². The van der Waals surface area contributed by atoms with Crippen molar-refractivity contribution in [2.75, 3.05) is 0 Å². The van der Waals surface area contributed by atoms with Crippen LogP contribution in [-0.2, 0) is 4.79 Å². The lowest BCUT2D eigenvalue weighted by molar-refractivity contribution is -0.122. The molecule has 194 valence electrons. The van der Waals surface area contributed by atoms with Gasteiger partial charge in [-0.15, -0.1) is 5.10 Å². The van der Waals surface area contributed by atoms with Crippen molar-refractivity contribution in [2.24, 2.45) is 10.5 Å². The Morgan fingerprint density at radius 3 is 2.44 bits per heavy atom. The summed E-state index contributed by atoms with van der Waals surface area (Å²) in [4.78, 5) is 17.3. The number of aromatic amines is 1. The van der Waals surface area contributed by atoms with E-state index in [4.69, 9.17) is 4.98 Å². The van der Waals surface area contributed by atoms with E-state index in [1.165, 1.54) is 0 Å². The lowest BCUT2D eigenvalue weighted by Crippen LogP contribution is -2.39. The largest absolute Gasteiger partial charge is 0.295 e. The predicted octanol–water partition coefficient (Wildman–Crippen LogP) is 5.31. The highest BCUT2D eigenvalue weighted by Crippen LogP contribution is 2.44. The Bertz CT molecular complexity index is 1780. The van der Waals surface area contributed by atoms with Crippen molar-refractivity contribution in [1.82, 2.24) is 35.6 Å². The Morgan fingerprint density at radius 1 is 0.974 bits per heavy atom. The first-order chi connectivity index (χ1) is 18.9. The molecule has 2 aliphatic rings. The van der Waals surface area contributed by atoms with Crippen molar-refractivity contribution >= 4 is 22.7 Å². The van der Waals surface area contributed by atoms with Crippen molar-refractivity contribution in [2.45, 2.75) is 46.0 Å². The van der Waals surface area contributed by atoms with E-state index in [-0.39, 0.29) is 11.3 Å². The molecular formula is C30H28N8O. The van der Waals surface area contributed by atoms with Crippen LogP contribution in [0.2, 0.25) is 0 Å². The number of benzene rings is 3. The molecule has 0 atom stereocenters. The van der Waals surface area contributed by atoms with E-state index in [9.17, 15) is 4.79 Å². The number of aryl methyl sites for hydroxylation is 1. The maximum Gasteiger partial charge on any atom is 0.241 e. The first-order valence-electron chi connectivity index (χ1n) is 13.2. The Hall–Kier alpha value is -4.66. The number of hydrogen-bond acceptors (Lipinski definition) is 6. The normalized spacial score (nSPS) is 16.8. The average molecular weight is 517 g/mol. The minimum Gasteiger partial charge on any atom is -0.295 e. The smallest absolute Gasteiger partial charge is 0.241 e. The van der Waals surface area contributed by atoms with Crippen molar-refractivity contribution in [3.05, 3.63) is 77.6 Å². The number of fused-ring (bicyclic) bond motifs is 1. The topological polar surface area (TPSA) is 114 Å². The van der Waals surface area contributed by atoms with E-state index >= 15 is 0 Å². The van der Waals surface area contributed by atoms with Gasteiger partial charge in [-0.3, -0.25) is 9.36 Å². The van der Waals surface area contributed by atoms with Gasteiger partial charge in [-0.05, 0) is 59.5 Å². The number of carbonyl (C=O) groups is 1. The van der Waals surface area contributed by atoms with Gasteiger partial charge >= 0.3 is 0 Å². The van der Waals surface area contributed by atoms with E-state index in [0.29, 0.717) is 18.2 Å². The molecule has 1 amide bonds. The highest BCUT2D eigenvalue weighted by atomic mass is 16.2. The summed E-state index contributed by atoms with van der Waals surface area (Å²) in [6.07, 6.45) is 2.65. The zero-order chi connectivity index (χ0) is 26.7. The lowest BCUT2D eigenvalue weighted by Gasteiger charge is -2.29. The molecule has 7 rings (SSSR count). The Labute approximate surface area is 225 Å². The molecule has 3 heterocycles. The van der Waals surface area contributed by atoms with Gasteiger partial charge in [0.05, 0.1) is 22.4 Å². The summed E-state index contributed by atoms with van der Waals surface area (Å²) >= 11 is 0. The minimum absolute atomic E-state index is 0.0582. The maximum absolute atomic E-state index is 12.1. The first-order valence-corrected chi connectivity index (χ1v) is 13.2. The SMILES string of the molecule is Cc1cc(C2=NNC(=O)CC2(C)C)cc2c1nc(C1CC1)n2-c1ccccc1-c1ccccc1-c1nnn[nH]1. The molecule has 1 fully saturated rings. The van der Waals surface area contributed by atoms with Crippen LogP contribution in [0.4, 0.5) is 0 Å². The van der Waals surface area contributed by atoms with Gasteiger partial charge in [0, 0.05) is 34.4 Å². The second-order valence-electron chi connectivity index (χ2n) is 11.1. The van der Waals surface area contributed by atoms with Crippen molar-refractivity contribution in [3.63, 3.8) is 0 Å². The number of imidazole rings is 1. The van der Waals surface area contributed by atoms with Crippen LogP contribution in [0.1, 0.15) is 56.0 Å². The van der Waals surface area contributed by atoms with Crippen LogP contribution in [0.25, 0.3) is 39.2 Å². The van der Waals surface area contributed by atoms with E-state index in [1.54, 1.807) is 0 Å². The summed E-state index contributed by atoms with van der Waals surface area (Å²) in [5, 5.41) is 19.2. The average Bonchev–Trinajstić information content (AvgIpc) is 3.47. The molecule has 2 aromatic heterocycles. The second-order valence-corrected chi connectivity index (χ2v) is 11.1. The van der Waals surface area contributed by atoms with Gasteiger partial charge in [-0.25, -0.2) is 15.5 Å². The lowest BCUT2D eigenvalue weighted by atomic mass is 9.79. The molecule has 0 bridgehead atoms. The molecule has 9 heteroatoms. The Morgan fingerprint density at radius 2 is 1.72 bits per heavy atom. The number of carbonyl (C=O) groups excluding carboxylic acids is 1. The maximum atomic E-state index is 12.1. The quantitative estimate of drug-likeness (QED) is 0.329. The highest BCUT2D eigenvalue weighted by molar-refractivity contribution is 6.10. The third kappa shape index (κ3) is 3.93. The fraction of sp³-hybridized carbons (Fsp3) is 0.267. The van der Waals surface area contributed by atoms with Gasteiger partial charge in [-0.2, -0.15) is 5.10 Å². The molecule has 1 aliphatic heterocycles. The summed E-state index contributed by atoms with van der Waals surface area (Å²) in [6.45, 7) is 6.25. The molecule has 2 N–H and O–H groups in total. The van der Waals surface area contributed by atoms with Crippen LogP contribution in [0, 0.1) is 12.3 Å². The standard InChI is InChI=1S/C30H28N8O/c1-17-14-19(27-30(2,3)16-25(39)32-33-27)15-24-26(17)31-29(18-12-13-18)38(24)23-11-7-6-9-21(23)20-8-4-5-10-22(20)28-34-36-37-35-28/h4-11,14-15,18H,12-13,16H2,1-3H3,(H,32,39)(H,34,35,36,37). The van der Waals surface area contributed by atoms with Crippen LogP contribution in [0.5, 0.6) is 0 Å². The Balaban J connectivity index is 1.48. The molecule has 0 saturated heterocycles. The van der Waals surface area contributed by atoms with Crippen LogP contribution < -0.4 is 5.43 Å². The van der Waals surface area contributed by atoms with Crippen molar-refractivity contribution < 1.29 is 4.79 Å². The zero-order valence-electron chi connectivity index (χ0n) is 22.1. The first kappa shape index (κ1) is 23.5. The van der Waals surface area contributed by atoms with Crippen LogP contribution in [0.3, 0.4) is 0 Å². The summed E-state index contributed by atoms with van der Waals surface area (Å²) < 4.78 is 2.32. The molecule has 39 heavy (non-hydrogen) atoms. The number of amides is 1. The minimum atomic E-state index is -0.380. The van der Waals surface area contributed by atoms with E-state index in [1.807, 2.05) is 18.2 Å². The number of H-pyrrole nitrogens is 1. The number of hydrazone groups is 1. The summed E-state index contributed by atoms with van der Waals surface area (Å²) in [7, 11) is 0. The number of nitrogens with one attached hydrogen (secondary N) is 2. The van der Waals surface area contributed by atoms with Crippen molar-refractivity contribution in [3.8, 4) is 28.2 Å². The van der Waals surface area contributed by atoms with Gasteiger partial charge in [0.25, 0.3) is 0 Å². The van der Waals surface area contributed by atoms with Gasteiger partial charge in [0.1, 0.15) is 5.82 Å². The monoisotopic (exact) mass is 516 g/mol. The highest BCUT2D eigenvalue weighted by Gasteiger charge is 2.35. The van der Waals surface area contributed by atoms with Crippen molar-refractivity contribution in [1.29, 1.82) is 0 Å². The molecule has 0 unspecified atom stereocenters. The second kappa shape index (κ2) is 8.69. The number of rotatable bonds is 5. The Kier molecular flexibility index (Phi) is 5.23. The molecule has 1 saturated carbocycles. The number of nitrogens with zero attached hydrogens (tertiary/aromatic N) is 6.